The largest absolute Gasteiger partial charge is 0.321 e. The molecular weight excluding hydrogens is 212 g/mol. The quantitative estimate of drug-likeness (QED) is 0.743. The summed E-state index contributed by atoms with van der Waals surface area (Å²) in [4.78, 5) is 4.02. The van der Waals surface area contributed by atoms with Crippen LogP contribution in [0.4, 0.5) is 0 Å². The van der Waals surface area contributed by atoms with Crippen molar-refractivity contribution in [1.29, 1.82) is 0 Å². The van der Waals surface area contributed by atoms with Crippen LogP contribution in [0.5, 0.6) is 0 Å². The first-order chi connectivity index (χ1) is 7.08. The van der Waals surface area contributed by atoms with Crippen LogP contribution in [0.25, 0.3) is 11.4 Å². The van der Waals surface area contributed by atoms with E-state index in [1.807, 2.05) is 13.8 Å². The Hall–Kier alpha value is -1.35. The van der Waals surface area contributed by atoms with Crippen molar-refractivity contribution in [3.8, 4) is 11.4 Å². The highest BCUT2D eigenvalue weighted by Gasteiger charge is 2.12. The number of hydrogen-bond acceptors (Lipinski definition) is 3. The molecule has 1 aromatic heterocycles. The number of nitrogens with zero attached hydrogens (tertiary/aromatic N) is 2. The van der Waals surface area contributed by atoms with Crippen LogP contribution in [-0.2, 0) is 0 Å². The molecule has 78 valence electrons. The summed E-state index contributed by atoms with van der Waals surface area (Å²) in [5.41, 5.74) is 4.48. The van der Waals surface area contributed by atoms with Gasteiger partial charge in [0.05, 0.1) is 0 Å². The van der Waals surface area contributed by atoms with E-state index in [1.165, 1.54) is 5.56 Å². The summed E-state index contributed by atoms with van der Waals surface area (Å²) in [6, 6.07) is 4.18. The average Bonchev–Trinajstić information content (AvgIpc) is 2.49. The molecule has 0 spiro atoms. The minimum atomic E-state index is 0.0735. The standard InChI is InChI=1S/C11H11ClN2O/c1-6-4-7(2)9(8(3)5-6)10-13-11(12)15-14-10/h4-5H,1-3H3. The fourth-order valence-corrected chi connectivity index (χ4v) is 1.95. The maximum Gasteiger partial charge on any atom is 0.320 e. The summed E-state index contributed by atoms with van der Waals surface area (Å²) >= 11 is 5.61. The highest BCUT2D eigenvalue weighted by Crippen LogP contribution is 2.26. The third kappa shape index (κ3) is 1.88. The minimum Gasteiger partial charge on any atom is -0.321 e. The lowest BCUT2D eigenvalue weighted by molar-refractivity contribution is 0.420. The summed E-state index contributed by atoms with van der Waals surface area (Å²) in [6.45, 7) is 6.12. The number of aromatic nitrogens is 2. The van der Waals surface area contributed by atoms with Gasteiger partial charge in [0, 0.05) is 5.56 Å². The van der Waals surface area contributed by atoms with Crippen molar-refractivity contribution in [2.75, 3.05) is 0 Å². The Kier molecular flexibility index (Phi) is 2.49. The minimum absolute atomic E-state index is 0.0735. The summed E-state index contributed by atoms with van der Waals surface area (Å²) in [5.74, 6) is 0.551. The third-order valence-electron chi connectivity index (χ3n) is 2.30. The first kappa shape index (κ1) is 10.2. The molecule has 0 unspecified atom stereocenters. The van der Waals surface area contributed by atoms with Crippen molar-refractivity contribution < 1.29 is 4.52 Å². The molecule has 0 atom stereocenters. The Bertz CT molecular complexity index is 482. The first-order valence-corrected chi connectivity index (χ1v) is 5.03. The number of aryl methyl sites for hydroxylation is 3. The second-order valence-electron chi connectivity index (χ2n) is 3.64. The maximum absolute atomic E-state index is 5.61. The molecular formula is C11H11ClN2O. The molecule has 0 saturated heterocycles. The molecule has 0 fully saturated rings. The van der Waals surface area contributed by atoms with Gasteiger partial charge in [0.25, 0.3) is 0 Å². The van der Waals surface area contributed by atoms with E-state index in [0.29, 0.717) is 5.82 Å². The molecule has 0 aliphatic heterocycles. The smallest absolute Gasteiger partial charge is 0.320 e. The van der Waals surface area contributed by atoms with Crippen LogP contribution in [0.1, 0.15) is 16.7 Å². The van der Waals surface area contributed by atoms with E-state index >= 15 is 0 Å². The van der Waals surface area contributed by atoms with Crippen LogP contribution in [0.15, 0.2) is 16.7 Å². The zero-order chi connectivity index (χ0) is 11.0. The summed E-state index contributed by atoms with van der Waals surface area (Å²) in [6.07, 6.45) is 0. The Balaban J connectivity index is 2.62. The van der Waals surface area contributed by atoms with Gasteiger partial charge in [0.1, 0.15) is 0 Å². The zero-order valence-electron chi connectivity index (χ0n) is 8.84. The van der Waals surface area contributed by atoms with Crippen molar-refractivity contribution in [3.05, 3.63) is 34.2 Å². The molecule has 0 amide bonds. The summed E-state index contributed by atoms with van der Waals surface area (Å²) in [7, 11) is 0. The summed E-state index contributed by atoms with van der Waals surface area (Å²) in [5, 5.41) is 3.89. The monoisotopic (exact) mass is 222 g/mol. The molecule has 0 aliphatic carbocycles. The molecule has 0 bridgehead atoms. The number of halogens is 1. The van der Waals surface area contributed by atoms with Gasteiger partial charge in [0.2, 0.25) is 5.82 Å². The molecule has 3 nitrogen and oxygen atoms in total. The Morgan fingerprint density at radius 2 is 1.73 bits per heavy atom. The number of benzene rings is 1. The van der Waals surface area contributed by atoms with Crippen LogP contribution >= 0.6 is 11.6 Å². The van der Waals surface area contributed by atoms with Crippen LogP contribution < -0.4 is 0 Å². The van der Waals surface area contributed by atoms with Crippen molar-refractivity contribution in [2.45, 2.75) is 20.8 Å². The van der Waals surface area contributed by atoms with Crippen LogP contribution in [0, 0.1) is 20.8 Å². The normalized spacial score (nSPS) is 10.7. The van der Waals surface area contributed by atoms with Crippen molar-refractivity contribution in [1.82, 2.24) is 10.1 Å². The molecule has 0 N–H and O–H groups in total. The zero-order valence-corrected chi connectivity index (χ0v) is 9.59. The second kappa shape index (κ2) is 3.66. The van der Waals surface area contributed by atoms with Crippen molar-refractivity contribution in [3.63, 3.8) is 0 Å². The molecule has 2 rings (SSSR count). The van der Waals surface area contributed by atoms with Gasteiger partial charge >= 0.3 is 5.35 Å². The van der Waals surface area contributed by atoms with Gasteiger partial charge in [-0.3, -0.25) is 0 Å². The molecule has 1 aromatic carbocycles. The van der Waals surface area contributed by atoms with Gasteiger partial charge in [-0.25, -0.2) is 0 Å². The number of rotatable bonds is 1. The van der Waals surface area contributed by atoms with Gasteiger partial charge in [-0.05, 0) is 43.5 Å². The van der Waals surface area contributed by atoms with Gasteiger partial charge < -0.3 is 4.52 Å². The lowest BCUT2D eigenvalue weighted by Crippen LogP contribution is -1.91. The fourth-order valence-electron chi connectivity index (χ4n) is 1.84. The van der Waals surface area contributed by atoms with E-state index in [-0.39, 0.29) is 5.35 Å². The molecule has 0 aliphatic rings. The Morgan fingerprint density at radius 3 is 2.20 bits per heavy atom. The molecule has 0 saturated carbocycles. The predicted octanol–water partition coefficient (Wildman–Crippen LogP) is 3.32. The molecule has 15 heavy (non-hydrogen) atoms. The van der Waals surface area contributed by atoms with Crippen LogP contribution in [0.3, 0.4) is 0 Å². The lowest BCUT2D eigenvalue weighted by Gasteiger charge is -2.06. The molecule has 4 heteroatoms. The molecule has 2 aromatic rings. The second-order valence-corrected chi connectivity index (χ2v) is 3.97. The summed E-state index contributed by atoms with van der Waals surface area (Å²) < 4.78 is 4.76. The highest BCUT2D eigenvalue weighted by molar-refractivity contribution is 6.27. The van der Waals surface area contributed by atoms with E-state index in [9.17, 15) is 0 Å². The van der Waals surface area contributed by atoms with Crippen molar-refractivity contribution >= 4 is 11.6 Å². The van der Waals surface area contributed by atoms with Gasteiger partial charge in [-0.1, -0.05) is 22.9 Å². The van der Waals surface area contributed by atoms with Gasteiger partial charge in [-0.15, -0.1) is 0 Å². The molecule has 0 radical (unpaired) electrons. The van der Waals surface area contributed by atoms with E-state index in [4.69, 9.17) is 16.1 Å². The van der Waals surface area contributed by atoms with Crippen LogP contribution in [0.2, 0.25) is 5.35 Å². The average molecular weight is 223 g/mol. The van der Waals surface area contributed by atoms with Crippen LogP contribution in [-0.4, -0.2) is 10.1 Å². The van der Waals surface area contributed by atoms with Gasteiger partial charge in [-0.2, -0.15) is 4.98 Å². The Morgan fingerprint density at radius 1 is 1.13 bits per heavy atom. The van der Waals surface area contributed by atoms with E-state index in [0.717, 1.165) is 16.7 Å². The van der Waals surface area contributed by atoms with E-state index in [1.54, 1.807) is 0 Å². The molecule has 1 heterocycles. The van der Waals surface area contributed by atoms with Gasteiger partial charge in [0.15, 0.2) is 0 Å². The lowest BCUT2D eigenvalue weighted by atomic mass is 9.99. The van der Waals surface area contributed by atoms with E-state index in [2.05, 4.69) is 29.2 Å². The Labute approximate surface area is 93.1 Å². The highest BCUT2D eigenvalue weighted by atomic mass is 35.5. The maximum atomic E-state index is 5.61. The van der Waals surface area contributed by atoms with E-state index < -0.39 is 0 Å². The fraction of sp³-hybridized carbons (Fsp3) is 0.273. The first-order valence-electron chi connectivity index (χ1n) is 4.65. The topological polar surface area (TPSA) is 38.9 Å². The number of hydrogen-bond donors (Lipinski definition) is 0. The third-order valence-corrected chi connectivity index (χ3v) is 2.46. The predicted molar refractivity (Wildman–Crippen MR) is 59.0 cm³/mol. The van der Waals surface area contributed by atoms with Crippen molar-refractivity contribution in [2.24, 2.45) is 0 Å². The SMILES string of the molecule is Cc1cc(C)c(-c2noc(Cl)n2)c(C)c1.